The molecule has 1 aliphatic heterocycles. The molecule has 1 aromatic rings. The van der Waals surface area contributed by atoms with Crippen LogP contribution in [0.1, 0.15) is 31.5 Å². The first kappa shape index (κ1) is 9.74. The van der Waals surface area contributed by atoms with E-state index in [4.69, 9.17) is 0 Å². The molecule has 0 aromatic carbocycles. The highest BCUT2D eigenvalue weighted by Gasteiger charge is 2.22. The van der Waals surface area contributed by atoms with Crippen LogP contribution in [-0.4, -0.2) is 34.2 Å². The van der Waals surface area contributed by atoms with E-state index >= 15 is 0 Å². The van der Waals surface area contributed by atoms with Crippen LogP contribution in [0.4, 0.5) is 0 Å². The van der Waals surface area contributed by atoms with E-state index in [2.05, 4.69) is 22.9 Å². The van der Waals surface area contributed by atoms with Crippen molar-refractivity contribution in [2.75, 3.05) is 13.1 Å². The Kier molecular flexibility index (Phi) is 2.89. The maximum atomic E-state index is 9.57. The fourth-order valence-electron chi connectivity index (χ4n) is 2.14. The number of rotatable bonds is 2. The van der Waals surface area contributed by atoms with Crippen LogP contribution >= 0.6 is 0 Å². The van der Waals surface area contributed by atoms with Gasteiger partial charge in [0.05, 0.1) is 6.10 Å². The third-order valence-electron chi connectivity index (χ3n) is 3.05. The lowest BCUT2D eigenvalue weighted by Crippen LogP contribution is -2.39. The number of hydrogen-bond acceptors (Lipinski definition) is 2. The molecule has 1 saturated heterocycles. The molecule has 2 rings (SSSR count). The van der Waals surface area contributed by atoms with Crippen LogP contribution in [0.3, 0.4) is 0 Å². The van der Waals surface area contributed by atoms with Gasteiger partial charge in [0.15, 0.2) is 0 Å². The second-order valence-electron chi connectivity index (χ2n) is 4.09. The van der Waals surface area contributed by atoms with Crippen molar-refractivity contribution in [2.24, 2.45) is 0 Å². The molecule has 2 atom stereocenters. The molecule has 0 aliphatic carbocycles. The smallest absolute Gasteiger partial charge is 0.0667 e. The molecule has 0 unspecified atom stereocenters. The van der Waals surface area contributed by atoms with E-state index in [9.17, 15) is 5.11 Å². The average Bonchev–Trinajstić information content (AvgIpc) is 2.69. The first-order valence-electron chi connectivity index (χ1n) is 5.33. The first-order valence-corrected chi connectivity index (χ1v) is 5.33. The number of nitrogens with zero attached hydrogens (tertiary/aromatic N) is 1. The Balaban J connectivity index is 2.00. The minimum Gasteiger partial charge on any atom is -0.392 e. The summed E-state index contributed by atoms with van der Waals surface area (Å²) < 4.78 is 0. The van der Waals surface area contributed by atoms with Gasteiger partial charge >= 0.3 is 0 Å². The minimum absolute atomic E-state index is 0.138. The summed E-state index contributed by atoms with van der Waals surface area (Å²) in [5.41, 5.74) is 1.24. The summed E-state index contributed by atoms with van der Waals surface area (Å²) in [5, 5.41) is 9.57. The Morgan fingerprint density at radius 2 is 2.50 bits per heavy atom. The number of piperidine rings is 1. The summed E-state index contributed by atoms with van der Waals surface area (Å²) in [6, 6.07) is 4.51. The Morgan fingerprint density at radius 1 is 1.64 bits per heavy atom. The van der Waals surface area contributed by atoms with Crippen LogP contribution in [0.25, 0.3) is 0 Å². The number of H-pyrrole nitrogens is 1. The predicted molar refractivity (Wildman–Crippen MR) is 56.0 cm³/mol. The standard InChI is InChI=1S/C11H18N2O/c1-9(11-5-2-6-12-11)13-7-3-4-10(14)8-13/h2,5-6,9-10,12,14H,3-4,7-8H2,1H3/t9-,10-/m0/s1. The van der Waals surface area contributed by atoms with Gasteiger partial charge in [-0.15, -0.1) is 0 Å². The third kappa shape index (κ3) is 1.99. The number of aromatic amines is 1. The number of likely N-dealkylation sites (tertiary alicyclic amines) is 1. The molecule has 14 heavy (non-hydrogen) atoms. The second-order valence-corrected chi connectivity index (χ2v) is 4.09. The SMILES string of the molecule is C[C@@H](c1ccc[nH]1)N1CCC[C@H](O)C1. The van der Waals surface area contributed by atoms with Gasteiger partial charge in [-0.2, -0.15) is 0 Å². The van der Waals surface area contributed by atoms with Gasteiger partial charge in [0.2, 0.25) is 0 Å². The molecular formula is C11H18N2O. The van der Waals surface area contributed by atoms with Gasteiger partial charge in [-0.05, 0) is 38.4 Å². The van der Waals surface area contributed by atoms with Crippen molar-refractivity contribution < 1.29 is 5.11 Å². The summed E-state index contributed by atoms with van der Waals surface area (Å²) in [4.78, 5) is 5.56. The number of nitrogens with one attached hydrogen (secondary N) is 1. The van der Waals surface area contributed by atoms with E-state index in [0.29, 0.717) is 6.04 Å². The van der Waals surface area contributed by atoms with Crippen LogP contribution in [0.5, 0.6) is 0 Å². The van der Waals surface area contributed by atoms with E-state index < -0.39 is 0 Å². The number of aliphatic hydroxyl groups excluding tert-OH is 1. The average molecular weight is 194 g/mol. The molecule has 1 aliphatic rings. The molecule has 2 heterocycles. The van der Waals surface area contributed by atoms with Crippen LogP contribution in [0.15, 0.2) is 18.3 Å². The van der Waals surface area contributed by atoms with Gasteiger partial charge in [0, 0.05) is 24.5 Å². The summed E-state index contributed by atoms with van der Waals surface area (Å²) >= 11 is 0. The largest absolute Gasteiger partial charge is 0.392 e. The molecule has 0 amide bonds. The highest BCUT2D eigenvalue weighted by molar-refractivity contribution is 5.08. The lowest BCUT2D eigenvalue weighted by Gasteiger charge is -2.34. The fraction of sp³-hybridized carbons (Fsp3) is 0.636. The third-order valence-corrected chi connectivity index (χ3v) is 3.05. The van der Waals surface area contributed by atoms with E-state index in [1.54, 1.807) is 0 Å². The summed E-state index contributed by atoms with van der Waals surface area (Å²) in [5.74, 6) is 0. The van der Waals surface area contributed by atoms with Gasteiger partial charge in [-0.1, -0.05) is 0 Å². The molecule has 1 aromatic heterocycles. The zero-order chi connectivity index (χ0) is 9.97. The number of hydrogen-bond donors (Lipinski definition) is 2. The van der Waals surface area contributed by atoms with Gasteiger partial charge in [-0.3, -0.25) is 4.90 Å². The molecule has 1 fully saturated rings. The Morgan fingerprint density at radius 3 is 3.14 bits per heavy atom. The van der Waals surface area contributed by atoms with E-state index in [1.807, 2.05) is 12.3 Å². The monoisotopic (exact) mass is 194 g/mol. The van der Waals surface area contributed by atoms with Crippen molar-refractivity contribution in [1.82, 2.24) is 9.88 Å². The number of β-amino-alcohol motifs (C(OH)–C–C–N with tert-alkyl or cyclic N) is 1. The summed E-state index contributed by atoms with van der Waals surface area (Å²) in [6.45, 7) is 4.08. The Hall–Kier alpha value is -0.800. The molecule has 0 spiro atoms. The molecule has 2 N–H and O–H groups in total. The normalized spacial score (nSPS) is 26.3. The zero-order valence-corrected chi connectivity index (χ0v) is 8.61. The highest BCUT2D eigenvalue weighted by Crippen LogP contribution is 2.22. The van der Waals surface area contributed by atoms with Gasteiger partial charge in [-0.25, -0.2) is 0 Å². The molecule has 78 valence electrons. The topological polar surface area (TPSA) is 39.3 Å². The molecular weight excluding hydrogens is 176 g/mol. The summed E-state index contributed by atoms with van der Waals surface area (Å²) in [7, 11) is 0. The first-order chi connectivity index (χ1) is 6.77. The van der Waals surface area contributed by atoms with Gasteiger partial charge in [0.1, 0.15) is 0 Å². The molecule has 0 saturated carbocycles. The zero-order valence-electron chi connectivity index (χ0n) is 8.61. The summed E-state index contributed by atoms with van der Waals surface area (Å²) in [6.07, 6.45) is 3.87. The van der Waals surface area contributed by atoms with Crippen molar-refractivity contribution in [3.8, 4) is 0 Å². The van der Waals surface area contributed by atoms with E-state index in [0.717, 1.165) is 25.9 Å². The maximum absolute atomic E-state index is 9.57. The Labute approximate surface area is 84.7 Å². The molecule has 0 bridgehead atoms. The van der Waals surface area contributed by atoms with Crippen molar-refractivity contribution in [3.05, 3.63) is 24.0 Å². The van der Waals surface area contributed by atoms with Crippen LogP contribution in [0.2, 0.25) is 0 Å². The molecule has 3 heteroatoms. The second kappa shape index (κ2) is 4.15. The predicted octanol–water partition coefficient (Wildman–Crippen LogP) is 1.53. The van der Waals surface area contributed by atoms with E-state index in [-0.39, 0.29) is 6.10 Å². The number of aliphatic hydroxyl groups is 1. The molecule has 3 nitrogen and oxygen atoms in total. The van der Waals surface area contributed by atoms with Crippen molar-refractivity contribution in [2.45, 2.75) is 31.9 Å². The van der Waals surface area contributed by atoms with Crippen LogP contribution < -0.4 is 0 Å². The van der Waals surface area contributed by atoms with Gasteiger partial charge in [0.25, 0.3) is 0 Å². The lowest BCUT2D eigenvalue weighted by molar-refractivity contribution is 0.0495. The fourth-order valence-corrected chi connectivity index (χ4v) is 2.14. The van der Waals surface area contributed by atoms with Crippen molar-refractivity contribution >= 4 is 0 Å². The van der Waals surface area contributed by atoms with Crippen molar-refractivity contribution in [1.29, 1.82) is 0 Å². The van der Waals surface area contributed by atoms with Crippen LogP contribution in [0, 0.1) is 0 Å². The molecule has 0 radical (unpaired) electrons. The Bertz CT molecular complexity index is 271. The number of aromatic nitrogens is 1. The quantitative estimate of drug-likeness (QED) is 0.749. The van der Waals surface area contributed by atoms with Crippen molar-refractivity contribution in [3.63, 3.8) is 0 Å². The van der Waals surface area contributed by atoms with Gasteiger partial charge < -0.3 is 10.1 Å². The lowest BCUT2D eigenvalue weighted by atomic mass is 10.1. The van der Waals surface area contributed by atoms with Crippen LogP contribution in [-0.2, 0) is 0 Å². The minimum atomic E-state index is -0.138. The maximum Gasteiger partial charge on any atom is 0.0667 e. The highest BCUT2D eigenvalue weighted by atomic mass is 16.3. The van der Waals surface area contributed by atoms with E-state index in [1.165, 1.54) is 5.69 Å².